The fourth-order valence-electron chi connectivity index (χ4n) is 2.28. The van der Waals surface area contributed by atoms with E-state index < -0.39 is 4.92 Å². The predicted octanol–water partition coefficient (Wildman–Crippen LogP) is 2.75. The maximum Gasteiger partial charge on any atom is 0.298 e. The van der Waals surface area contributed by atoms with E-state index >= 15 is 0 Å². The van der Waals surface area contributed by atoms with Crippen LogP contribution in [0.1, 0.15) is 24.0 Å². The highest BCUT2D eigenvalue weighted by atomic mass is 32.2. The maximum atomic E-state index is 11.8. The number of amides is 1. The van der Waals surface area contributed by atoms with Gasteiger partial charge in [-0.1, -0.05) is 0 Å². The predicted molar refractivity (Wildman–Crippen MR) is 77.8 cm³/mol. The van der Waals surface area contributed by atoms with Crippen molar-refractivity contribution in [2.24, 2.45) is 0 Å². The average Bonchev–Trinajstić information content (AvgIpc) is 2.36. The van der Waals surface area contributed by atoms with Gasteiger partial charge in [-0.3, -0.25) is 20.3 Å². The molecule has 0 saturated heterocycles. The minimum atomic E-state index is -0.417. The second-order valence-electron chi connectivity index (χ2n) is 4.95. The van der Waals surface area contributed by atoms with Crippen LogP contribution in [0.3, 0.4) is 0 Å². The summed E-state index contributed by atoms with van der Waals surface area (Å²) in [4.78, 5) is 22.9. The Labute approximate surface area is 121 Å². The molecule has 0 saturated carbocycles. The third-order valence-electron chi connectivity index (χ3n) is 3.14. The number of carbonyl (C=O) groups is 1. The normalized spacial score (nSPS) is 13.9. The van der Waals surface area contributed by atoms with Gasteiger partial charge >= 0.3 is 0 Å². The number of carbonyl (C=O) groups excluding carboxylic acids is 1. The molecule has 20 heavy (non-hydrogen) atoms. The molecule has 0 aromatic heterocycles. The van der Waals surface area contributed by atoms with E-state index in [1.54, 1.807) is 26.2 Å². The molecule has 0 radical (unpaired) electrons. The molecule has 1 amide bonds. The Bertz CT molecular complexity index is 546. The number of fused-ring (bicyclic) bond motifs is 1. The van der Waals surface area contributed by atoms with Crippen LogP contribution < -0.4 is 5.43 Å². The van der Waals surface area contributed by atoms with Gasteiger partial charge in [0.2, 0.25) is 0 Å². The van der Waals surface area contributed by atoms with Crippen LogP contribution in [0.4, 0.5) is 10.5 Å². The summed E-state index contributed by atoms with van der Waals surface area (Å²) >= 11 is 0.866. The second kappa shape index (κ2) is 6.23. The van der Waals surface area contributed by atoms with Crippen LogP contribution in [0, 0.1) is 10.1 Å². The molecule has 1 N–H and O–H groups in total. The number of hydrogen-bond donors (Lipinski definition) is 1. The van der Waals surface area contributed by atoms with Gasteiger partial charge in [0.1, 0.15) is 0 Å². The Morgan fingerprint density at radius 3 is 2.45 bits per heavy atom. The van der Waals surface area contributed by atoms with Crippen molar-refractivity contribution in [3.05, 3.63) is 33.4 Å². The first-order chi connectivity index (χ1) is 9.47. The zero-order valence-corrected chi connectivity index (χ0v) is 12.3. The number of nitro benzene ring substituents is 1. The molecular weight excluding hydrogens is 278 g/mol. The lowest BCUT2D eigenvalue weighted by atomic mass is 9.91. The van der Waals surface area contributed by atoms with Crippen molar-refractivity contribution in [3.8, 4) is 0 Å². The van der Waals surface area contributed by atoms with Crippen LogP contribution >= 0.6 is 11.8 Å². The van der Waals surface area contributed by atoms with Crippen molar-refractivity contribution >= 4 is 22.7 Å². The van der Waals surface area contributed by atoms with Gasteiger partial charge in [0.25, 0.3) is 10.9 Å². The fourth-order valence-corrected chi connectivity index (χ4v) is 3.15. The molecule has 0 spiro atoms. The molecule has 108 valence electrons. The number of nitrogens with zero attached hydrogens (tertiary/aromatic N) is 2. The molecule has 1 aliphatic rings. The molecule has 1 aliphatic carbocycles. The molecule has 7 heteroatoms. The summed E-state index contributed by atoms with van der Waals surface area (Å²) in [6, 6.07) is 3.42. The van der Waals surface area contributed by atoms with Crippen LogP contribution in [0.25, 0.3) is 0 Å². The third-order valence-corrected chi connectivity index (χ3v) is 3.96. The van der Waals surface area contributed by atoms with Crippen LogP contribution in [0.5, 0.6) is 0 Å². The lowest BCUT2D eigenvalue weighted by Gasteiger charge is -2.17. The Morgan fingerprint density at radius 2 is 1.90 bits per heavy atom. The highest BCUT2D eigenvalue weighted by Gasteiger charge is 2.22. The molecule has 0 unspecified atom stereocenters. The zero-order chi connectivity index (χ0) is 14.7. The van der Waals surface area contributed by atoms with Crippen LogP contribution in [-0.2, 0) is 12.8 Å². The molecule has 0 atom stereocenters. The number of nitro groups is 1. The van der Waals surface area contributed by atoms with Gasteiger partial charge in [0, 0.05) is 20.2 Å². The quantitative estimate of drug-likeness (QED) is 0.527. The Hall–Kier alpha value is -1.60. The fraction of sp³-hybridized carbons (Fsp3) is 0.462. The number of hydrazine groups is 1. The number of benzene rings is 1. The first kappa shape index (κ1) is 14.8. The van der Waals surface area contributed by atoms with Gasteiger partial charge in [0.05, 0.1) is 9.82 Å². The van der Waals surface area contributed by atoms with E-state index in [2.05, 4.69) is 5.43 Å². The van der Waals surface area contributed by atoms with E-state index in [4.69, 9.17) is 0 Å². The van der Waals surface area contributed by atoms with Gasteiger partial charge < -0.3 is 0 Å². The lowest BCUT2D eigenvalue weighted by Crippen LogP contribution is -2.33. The first-order valence-electron chi connectivity index (χ1n) is 6.43. The molecule has 1 aromatic rings. The monoisotopic (exact) mass is 295 g/mol. The summed E-state index contributed by atoms with van der Waals surface area (Å²) in [6.07, 6.45) is 3.97. The average molecular weight is 295 g/mol. The Kier molecular flexibility index (Phi) is 4.61. The molecule has 0 heterocycles. The highest BCUT2D eigenvalue weighted by molar-refractivity contribution is 8.13. The largest absolute Gasteiger partial charge is 0.298 e. The lowest BCUT2D eigenvalue weighted by molar-refractivity contribution is -0.387. The standard InChI is InChI=1S/C13H17N3O3S/c1-15(2)14-13(17)20-12-8-10-6-4-3-5-9(10)7-11(12)16(18)19/h7-8H,3-6H2,1-2H3,(H,14,17). The summed E-state index contributed by atoms with van der Waals surface area (Å²) in [5.74, 6) is 0. The van der Waals surface area contributed by atoms with Gasteiger partial charge in [-0.15, -0.1) is 0 Å². The number of aryl methyl sites for hydroxylation is 2. The smallest absolute Gasteiger partial charge is 0.280 e. The maximum absolute atomic E-state index is 11.8. The van der Waals surface area contributed by atoms with Gasteiger partial charge in [0.15, 0.2) is 0 Å². The summed E-state index contributed by atoms with van der Waals surface area (Å²) in [6.45, 7) is 0. The van der Waals surface area contributed by atoms with Crippen molar-refractivity contribution in [2.45, 2.75) is 30.6 Å². The van der Waals surface area contributed by atoms with Gasteiger partial charge in [-0.2, -0.15) is 0 Å². The second-order valence-corrected chi connectivity index (χ2v) is 5.96. The van der Waals surface area contributed by atoms with Crippen LogP contribution in [0.15, 0.2) is 17.0 Å². The first-order valence-corrected chi connectivity index (χ1v) is 7.25. The molecule has 0 bridgehead atoms. The summed E-state index contributed by atoms with van der Waals surface area (Å²) < 4.78 is 0. The summed E-state index contributed by atoms with van der Waals surface area (Å²) in [7, 11) is 3.39. The van der Waals surface area contributed by atoms with Crippen molar-refractivity contribution < 1.29 is 9.72 Å². The SMILES string of the molecule is CN(C)NC(=O)Sc1cc2c(cc1[N+](=O)[O-])CCCC2. The van der Waals surface area contributed by atoms with E-state index in [-0.39, 0.29) is 10.9 Å². The third kappa shape index (κ3) is 3.49. The van der Waals surface area contributed by atoms with Crippen molar-refractivity contribution in [2.75, 3.05) is 14.1 Å². The van der Waals surface area contributed by atoms with Crippen molar-refractivity contribution in [1.29, 1.82) is 0 Å². The van der Waals surface area contributed by atoms with Gasteiger partial charge in [-0.05, 0) is 54.6 Å². The van der Waals surface area contributed by atoms with Crippen molar-refractivity contribution in [1.82, 2.24) is 10.4 Å². The number of rotatable bonds is 3. The van der Waals surface area contributed by atoms with E-state index in [0.29, 0.717) is 4.90 Å². The van der Waals surface area contributed by atoms with E-state index in [9.17, 15) is 14.9 Å². The topological polar surface area (TPSA) is 75.5 Å². The zero-order valence-electron chi connectivity index (χ0n) is 11.5. The highest BCUT2D eigenvalue weighted by Crippen LogP contribution is 2.35. The van der Waals surface area contributed by atoms with Crippen molar-refractivity contribution in [3.63, 3.8) is 0 Å². The van der Waals surface area contributed by atoms with E-state index in [0.717, 1.165) is 48.6 Å². The molecule has 0 aliphatic heterocycles. The van der Waals surface area contributed by atoms with E-state index in [1.165, 1.54) is 5.01 Å². The van der Waals surface area contributed by atoms with Crippen LogP contribution in [-0.4, -0.2) is 29.3 Å². The Balaban J connectivity index is 2.30. The van der Waals surface area contributed by atoms with Crippen LogP contribution in [0.2, 0.25) is 0 Å². The minimum Gasteiger partial charge on any atom is -0.280 e. The molecule has 6 nitrogen and oxygen atoms in total. The molecular formula is C13H17N3O3S. The number of nitrogens with one attached hydrogen (secondary N) is 1. The molecule has 2 rings (SSSR count). The minimum absolute atomic E-state index is 0.0181. The summed E-state index contributed by atoms with van der Waals surface area (Å²) in [5, 5.41) is 12.3. The van der Waals surface area contributed by atoms with E-state index in [1.807, 2.05) is 0 Å². The number of thioether (sulfide) groups is 1. The number of hydrogen-bond acceptors (Lipinski definition) is 5. The Morgan fingerprint density at radius 1 is 1.30 bits per heavy atom. The molecule has 1 aromatic carbocycles. The summed E-state index contributed by atoms with van der Waals surface area (Å²) in [5.41, 5.74) is 4.76. The van der Waals surface area contributed by atoms with Gasteiger partial charge in [-0.25, -0.2) is 5.01 Å². The molecule has 0 fully saturated rings.